The van der Waals surface area contributed by atoms with Crippen LogP contribution in [0.1, 0.15) is 0 Å². The van der Waals surface area contributed by atoms with Gasteiger partial charge in [-0.05, 0) is 87.1 Å². The van der Waals surface area contributed by atoms with Crippen molar-refractivity contribution in [1.82, 2.24) is 0 Å². The van der Waals surface area contributed by atoms with Crippen molar-refractivity contribution in [2.45, 2.75) is 0 Å². The monoisotopic (exact) mass is 719 g/mol. The van der Waals surface area contributed by atoms with Crippen LogP contribution in [0.25, 0.3) is 86.3 Å². The van der Waals surface area contributed by atoms with Crippen LogP contribution in [0.2, 0.25) is 0 Å². The summed E-state index contributed by atoms with van der Waals surface area (Å²) in [6.45, 7) is 0. The van der Waals surface area contributed by atoms with E-state index in [2.05, 4.69) is 193 Å². The van der Waals surface area contributed by atoms with Crippen LogP contribution < -0.4 is 4.90 Å². The maximum Gasteiger partial charge on any atom is 0.137 e. The minimum absolute atomic E-state index is 0.868. The van der Waals surface area contributed by atoms with Crippen molar-refractivity contribution in [3.05, 3.63) is 200 Å². The van der Waals surface area contributed by atoms with Gasteiger partial charge >= 0.3 is 0 Å². The summed E-state index contributed by atoms with van der Waals surface area (Å²) in [4.78, 5) is 2.36. The molecule has 2 heterocycles. The lowest BCUT2D eigenvalue weighted by atomic mass is 9.90. The summed E-state index contributed by atoms with van der Waals surface area (Å²) in [5.41, 5.74) is 12.2. The molecule has 0 amide bonds. The molecule has 0 N–H and O–H groups in total. The first kappa shape index (κ1) is 31.6. The Balaban J connectivity index is 1.16. The van der Waals surface area contributed by atoms with Crippen molar-refractivity contribution in [2.75, 3.05) is 4.90 Å². The Hall–Kier alpha value is -6.94. The molecular formula is C52H33NOS. The van der Waals surface area contributed by atoms with E-state index in [1.54, 1.807) is 0 Å². The van der Waals surface area contributed by atoms with Crippen LogP contribution in [0.4, 0.5) is 17.1 Å². The molecule has 0 radical (unpaired) electrons. The molecule has 0 aliphatic rings. The van der Waals surface area contributed by atoms with E-state index in [0.717, 1.165) is 39.0 Å². The summed E-state index contributed by atoms with van der Waals surface area (Å²) in [6, 6.07) is 72.2. The van der Waals surface area contributed by atoms with E-state index in [1.165, 1.54) is 64.3 Å². The molecule has 11 aromatic rings. The highest BCUT2D eigenvalue weighted by Gasteiger charge is 2.21. The molecule has 9 aromatic carbocycles. The van der Waals surface area contributed by atoms with E-state index in [0.29, 0.717) is 0 Å². The fourth-order valence-corrected chi connectivity index (χ4v) is 9.51. The Morgan fingerprint density at radius 1 is 0.345 bits per heavy atom. The number of hydrogen-bond acceptors (Lipinski definition) is 3. The molecule has 0 unspecified atom stereocenters. The number of furan rings is 1. The van der Waals surface area contributed by atoms with Gasteiger partial charge in [-0.15, -0.1) is 11.3 Å². The second-order valence-corrected chi connectivity index (χ2v) is 15.1. The molecule has 2 nitrogen and oxygen atoms in total. The van der Waals surface area contributed by atoms with Gasteiger partial charge in [-0.2, -0.15) is 0 Å². The fraction of sp³-hybridized carbons (Fsp3) is 0. The summed E-state index contributed by atoms with van der Waals surface area (Å²) in [6.07, 6.45) is 0. The summed E-state index contributed by atoms with van der Waals surface area (Å²) >= 11 is 1.88. The Morgan fingerprint density at radius 2 is 0.964 bits per heavy atom. The largest absolute Gasteiger partial charge is 0.456 e. The highest BCUT2D eigenvalue weighted by atomic mass is 32.1. The van der Waals surface area contributed by atoms with Crippen molar-refractivity contribution < 1.29 is 4.42 Å². The summed E-state index contributed by atoms with van der Waals surface area (Å²) < 4.78 is 9.06. The third kappa shape index (κ3) is 5.32. The van der Waals surface area contributed by atoms with Gasteiger partial charge in [0.05, 0.1) is 0 Å². The van der Waals surface area contributed by atoms with Gasteiger partial charge in [0, 0.05) is 59.6 Å². The Bertz CT molecular complexity index is 3200. The second kappa shape index (κ2) is 12.9. The zero-order chi connectivity index (χ0) is 36.3. The first-order valence-electron chi connectivity index (χ1n) is 18.7. The minimum Gasteiger partial charge on any atom is -0.456 e. The van der Waals surface area contributed by atoms with E-state index >= 15 is 0 Å². The third-order valence-corrected chi connectivity index (χ3v) is 12.1. The maximum absolute atomic E-state index is 6.45. The number of hydrogen-bond donors (Lipinski definition) is 0. The molecule has 0 spiro atoms. The zero-order valence-corrected chi connectivity index (χ0v) is 30.6. The van der Waals surface area contributed by atoms with Crippen molar-refractivity contribution in [3.8, 4) is 33.4 Å². The van der Waals surface area contributed by atoms with Gasteiger partial charge in [0.25, 0.3) is 0 Å². The summed E-state index contributed by atoms with van der Waals surface area (Å²) in [7, 11) is 0. The van der Waals surface area contributed by atoms with Crippen molar-refractivity contribution >= 4 is 81.3 Å². The lowest BCUT2D eigenvalue weighted by molar-refractivity contribution is 0.669. The standard InChI is InChI=1S/C52H33NOS/c1-2-12-34(13-3-1)35-24-26-37(27-25-35)53(39-29-31-44-43-17-6-8-22-49(43)54-50(44)33-39)38-28-30-42(48(32-38)41-19-10-15-36-14-4-5-16-40(36)41)46-20-11-21-47-45-18-7-9-23-51(45)55-52(46)47/h1-33H. The van der Waals surface area contributed by atoms with Crippen LogP contribution in [0.15, 0.2) is 205 Å². The van der Waals surface area contributed by atoms with Crippen LogP contribution in [0.5, 0.6) is 0 Å². The number of benzene rings is 9. The van der Waals surface area contributed by atoms with E-state index in [-0.39, 0.29) is 0 Å². The molecule has 0 fully saturated rings. The van der Waals surface area contributed by atoms with Crippen molar-refractivity contribution in [3.63, 3.8) is 0 Å². The van der Waals surface area contributed by atoms with E-state index in [1.807, 2.05) is 23.5 Å². The average Bonchev–Trinajstić information content (AvgIpc) is 3.82. The first-order chi connectivity index (χ1) is 27.3. The molecular weight excluding hydrogens is 687 g/mol. The Morgan fingerprint density at radius 3 is 1.85 bits per heavy atom. The van der Waals surface area contributed by atoms with Gasteiger partial charge < -0.3 is 9.32 Å². The van der Waals surface area contributed by atoms with Gasteiger partial charge in [-0.3, -0.25) is 0 Å². The molecule has 0 atom stereocenters. The molecule has 2 aromatic heterocycles. The van der Waals surface area contributed by atoms with Gasteiger partial charge in [-0.1, -0.05) is 146 Å². The average molecular weight is 720 g/mol. The lowest BCUT2D eigenvalue weighted by Gasteiger charge is -2.27. The lowest BCUT2D eigenvalue weighted by Crippen LogP contribution is -2.10. The Kier molecular flexibility index (Phi) is 7.39. The van der Waals surface area contributed by atoms with E-state index < -0.39 is 0 Å². The van der Waals surface area contributed by atoms with Crippen LogP contribution in [0, 0.1) is 0 Å². The third-order valence-electron chi connectivity index (χ3n) is 10.9. The molecule has 3 heteroatoms. The SMILES string of the molecule is c1ccc(-c2ccc(N(c3ccc(-c4cccc5c4sc4ccccc45)c(-c4cccc5ccccc45)c3)c3ccc4c(c3)oc3ccccc34)cc2)cc1. The van der Waals surface area contributed by atoms with Gasteiger partial charge in [0.1, 0.15) is 11.2 Å². The highest BCUT2D eigenvalue weighted by Crippen LogP contribution is 2.47. The Labute approximate surface area is 322 Å². The number of fused-ring (bicyclic) bond motifs is 7. The molecule has 11 rings (SSSR count). The van der Waals surface area contributed by atoms with Crippen molar-refractivity contribution in [1.29, 1.82) is 0 Å². The molecule has 0 aliphatic carbocycles. The number of rotatable bonds is 6. The number of thiophene rings is 1. The van der Waals surface area contributed by atoms with Gasteiger partial charge in [0.15, 0.2) is 0 Å². The first-order valence-corrected chi connectivity index (χ1v) is 19.5. The minimum atomic E-state index is 0.868. The number of nitrogens with zero attached hydrogens (tertiary/aromatic N) is 1. The van der Waals surface area contributed by atoms with E-state index in [9.17, 15) is 0 Å². The normalized spacial score (nSPS) is 11.6. The van der Waals surface area contributed by atoms with Crippen LogP contribution >= 0.6 is 11.3 Å². The van der Waals surface area contributed by atoms with Gasteiger partial charge in [-0.25, -0.2) is 0 Å². The summed E-state index contributed by atoms with van der Waals surface area (Å²) in [5, 5.41) is 7.29. The summed E-state index contributed by atoms with van der Waals surface area (Å²) in [5.74, 6) is 0. The molecule has 0 saturated heterocycles. The topological polar surface area (TPSA) is 16.4 Å². The smallest absolute Gasteiger partial charge is 0.137 e. The van der Waals surface area contributed by atoms with E-state index in [4.69, 9.17) is 4.42 Å². The molecule has 0 aliphatic heterocycles. The maximum atomic E-state index is 6.45. The highest BCUT2D eigenvalue weighted by molar-refractivity contribution is 7.26. The predicted octanol–water partition coefficient (Wildman–Crippen LogP) is 15.6. The van der Waals surface area contributed by atoms with Crippen LogP contribution in [-0.4, -0.2) is 0 Å². The van der Waals surface area contributed by atoms with Crippen LogP contribution in [-0.2, 0) is 0 Å². The predicted molar refractivity (Wildman–Crippen MR) is 235 cm³/mol. The molecule has 0 saturated carbocycles. The zero-order valence-electron chi connectivity index (χ0n) is 29.8. The number of anilines is 3. The van der Waals surface area contributed by atoms with Gasteiger partial charge in [0.2, 0.25) is 0 Å². The van der Waals surface area contributed by atoms with Crippen molar-refractivity contribution in [2.24, 2.45) is 0 Å². The molecule has 0 bridgehead atoms. The molecule has 258 valence electrons. The molecule has 55 heavy (non-hydrogen) atoms. The quantitative estimate of drug-likeness (QED) is 0.170. The van der Waals surface area contributed by atoms with Crippen LogP contribution in [0.3, 0.4) is 0 Å². The number of para-hydroxylation sites is 1. The fourth-order valence-electron chi connectivity index (χ4n) is 8.28. The second-order valence-electron chi connectivity index (χ2n) is 14.1.